The summed E-state index contributed by atoms with van der Waals surface area (Å²) in [5, 5.41) is 0.251. The molecule has 5 nitrogen and oxygen atoms in total. The number of fused-ring (bicyclic) bond motifs is 1. The number of rotatable bonds is 8. The number of carbonyl (C=O) groups excluding carboxylic acids is 1. The zero-order chi connectivity index (χ0) is 22.4. The molecule has 2 fully saturated rings. The van der Waals surface area contributed by atoms with Crippen LogP contribution in [0.15, 0.2) is 45.7 Å². The van der Waals surface area contributed by atoms with Crippen LogP contribution in [0.5, 0.6) is 5.75 Å². The highest BCUT2D eigenvalue weighted by molar-refractivity contribution is 7.90. The fourth-order valence-corrected chi connectivity index (χ4v) is 4.64. The van der Waals surface area contributed by atoms with Gasteiger partial charge in [-0.1, -0.05) is 19.9 Å². The monoisotopic (exact) mass is 455 g/mol. The second kappa shape index (κ2) is 8.45. The summed E-state index contributed by atoms with van der Waals surface area (Å²) in [6.45, 7) is 4.67. The van der Waals surface area contributed by atoms with Gasteiger partial charge in [-0.25, -0.2) is 4.39 Å². The summed E-state index contributed by atoms with van der Waals surface area (Å²) in [7, 11) is 0. The molecule has 2 saturated carbocycles. The first-order valence-electron chi connectivity index (χ1n) is 11.1. The molecule has 0 radical (unpaired) electrons. The molecular weight excluding hydrogens is 429 g/mol. The standard InChI is InChI=1S/C25H26FNO4S/c1-14(2)17-7-8-21(30-13-15-3-4-15)24(11-17)32(29)27-25(28)23-12-19-20(26)9-18(16-5-6-16)10-22(19)31-23/h7-12,14-16H,3-6,13H2,1-2H3,(H,27,28). The first kappa shape index (κ1) is 21.3. The lowest BCUT2D eigenvalue weighted by Gasteiger charge is -2.16. The highest BCUT2D eigenvalue weighted by atomic mass is 32.2. The van der Waals surface area contributed by atoms with Crippen LogP contribution in [-0.2, 0) is 11.4 Å². The van der Waals surface area contributed by atoms with Crippen LogP contribution >= 0.6 is 0 Å². The van der Waals surface area contributed by atoms with Gasteiger partial charge in [0.15, 0.2) is 11.5 Å². The molecule has 5 rings (SSSR count). The molecule has 0 aliphatic heterocycles. The number of hydrogen-bond acceptors (Lipinski definition) is 4. The summed E-state index contributed by atoms with van der Waals surface area (Å²) in [6.07, 6.45) is 4.37. The average Bonchev–Trinajstić information content (AvgIpc) is 3.69. The maximum atomic E-state index is 14.5. The van der Waals surface area contributed by atoms with Crippen LogP contribution in [0.2, 0.25) is 0 Å². The molecule has 1 atom stereocenters. The van der Waals surface area contributed by atoms with Crippen molar-refractivity contribution in [3.05, 3.63) is 59.1 Å². The van der Waals surface area contributed by atoms with E-state index in [1.54, 1.807) is 6.07 Å². The van der Waals surface area contributed by atoms with Crippen LogP contribution in [0.4, 0.5) is 4.39 Å². The third kappa shape index (κ3) is 4.50. The van der Waals surface area contributed by atoms with Crippen molar-refractivity contribution >= 4 is 28.2 Å². The van der Waals surface area contributed by atoms with Gasteiger partial charge < -0.3 is 13.7 Å². The lowest BCUT2D eigenvalue weighted by molar-refractivity contribution is 0.0956. The molecule has 1 unspecified atom stereocenters. The van der Waals surface area contributed by atoms with Crippen LogP contribution in [0.25, 0.3) is 11.0 Å². The molecule has 32 heavy (non-hydrogen) atoms. The topological polar surface area (TPSA) is 74.5 Å². The first-order chi connectivity index (χ1) is 15.4. The summed E-state index contributed by atoms with van der Waals surface area (Å²) in [5.41, 5.74) is 2.22. The fraction of sp³-hybridized carbons (Fsp3) is 0.400. The van der Waals surface area contributed by atoms with E-state index in [9.17, 15) is 13.7 Å². The second-order valence-corrected chi connectivity index (χ2v) is 10.3. The molecule has 0 spiro atoms. The smallest absolute Gasteiger partial charge is 0.328 e. The molecule has 1 heterocycles. The number of benzene rings is 2. The van der Waals surface area contributed by atoms with Gasteiger partial charge >= 0.3 is 5.91 Å². The summed E-state index contributed by atoms with van der Waals surface area (Å²) in [5.74, 6) is 0.514. The molecular formula is C25H26FNO4S. The molecule has 168 valence electrons. The predicted octanol–water partition coefficient (Wildman–Crippen LogP) is 5.81. The van der Waals surface area contributed by atoms with E-state index in [4.69, 9.17) is 9.15 Å². The second-order valence-electron chi connectivity index (χ2n) is 9.11. The third-order valence-corrected chi connectivity index (χ3v) is 7.16. The number of furan rings is 1. The van der Waals surface area contributed by atoms with Crippen molar-refractivity contribution in [3.63, 3.8) is 0 Å². The van der Waals surface area contributed by atoms with Gasteiger partial charge in [-0.3, -0.25) is 4.79 Å². The third-order valence-electron chi connectivity index (χ3n) is 6.07. The van der Waals surface area contributed by atoms with Crippen molar-refractivity contribution in [3.8, 4) is 5.75 Å². The van der Waals surface area contributed by atoms with E-state index in [0.29, 0.717) is 34.7 Å². The van der Waals surface area contributed by atoms with Crippen LogP contribution in [0.1, 0.15) is 73.0 Å². The molecule has 2 aromatic carbocycles. The molecule has 0 saturated heterocycles. The van der Waals surface area contributed by atoms with Crippen LogP contribution in [0, 0.1) is 11.7 Å². The number of hydrogen-bond donors (Lipinski definition) is 1. The van der Waals surface area contributed by atoms with Crippen LogP contribution in [0.3, 0.4) is 0 Å². The maximum Gasteiger partial charge on any atom is 0.328 e. The fourth-order valence-electron chi connectivity index (χ4n) is 3.71. The lowest BCUT2D eigenvalue weighted by Crippen LogP contribution is -2.30. The van der Waals surface area contributed by atoms with Crippen molar-refractivity contribution in [2.75, 3.05) is 6.61 Å². The number of ether oxygens (including phenoxy) is 1. The quantitative estimate of drug-likeness (QED) is 0.435. The van der Waals surface area contributed by atoms with Crippen molar-refractivity contribution in [2.45, 2.75) is 56.3 Å². The summed E-state index contributed by atoms with van der Waals surface area (Å²) < 4.78 is 41.6. The zero-order valence-corrected chi connectivity index (χ0v) is 19.0. The van der Waals surface area contributed by atoms with E-state index < -0.39 is 23.1 Å². The van der Waals surface area contributed by atoms with Crippen molar-refractivity contribution in [1.82, 2.24) is 4.72 Å². The minimum Gasteiger partial charge on any atom is -0.588 e. The van der Waals surface area contributed by atoms with E-state index in [-0.39, 0.29) is 17.1 Å². The van der Waals surface area contributed by atoms with E-state index in [0.717, 1.165) is 36.8 Å². The van der Waals surface area contributed by atoms with Gasteiger partial charge in [-0.2, -0.15) is 4.72 Å². The van der Waals surface area contributed by atoms with Gasteiger partial charge in [-0.05, 0) is 72.8 Å². The Morgan fingerprint density at radius 2 is 2.00 bits per heavy atom. The molecule has 0 bridgehead atoms. The minimum atomic E-state index is -1.85. The van der Waals surface area contributed by atoms with Crippen molar-refractivity contribution in [2.24, 2.45) is 5.92 Å². The molecule has 2 aliphatic rings. The van der Waals surface area contributed by atoms with E-state index in [2.05, 4.69) is 4.72 Å². The largest absolute Gasteiger partial charge is 0.588 e. The Morgan fingerprint density at radius 1 is 1.22 bits per heavy atom. The summed E-state index contributed by atoms with van der Waals surface area (Å²) in [6, 6.07) is 10.2. The number of carbonyl (C=O) groups is 1. The molecule has 2 aliphatic carbocycles. The normalized spacial score (nSPS) is 17.0. The Labute approximate surface area is 189 Å². The van der Waals surface area contributed by atoms with Crippen LogP contribution in [-0.4, -0.2) is 17.1 Å². The van der Waals surface area contributed by atoms with E-state index in [1.165, 1.54) is 12.1 Å². The highest BCUT2D eigenvalue weighted by Crippen LogP contribution is 2.42. The van der Waals surface area contributed by atoms with Gasteiger partial charge in [0.25, 0.3) is 0 Å². The van der Waals surface area contributed by atoms with Gasteiger partial charge in [-0.15, -0.1) is 0 Å². The van der Waals surface area contributed by atoms with E-state index in [1.807, 2.05) is 32.0 Å². The van der Waals surface area contributed by atoms with Gasteiger partial charge in [0.05, 0.1) is 12.0 Å². The highest BCUT2D eigenvalue weighted by Gasteiger charge is 2.29. The zero-order valence-electron chi connectivity index (χ0n) is 18.2. The Bertz CT molecular complexity index is 1170. The Hall–Kier alpha value is -2.51. The Kier molecular flexibility index (Phi) is 5.63. The van der Waals surface area contributed by atoms with Crippen molar-refractivity contribution in [1.29, 1.82) is 0 Å². The SMILES string of the molecule is CC(C)c1ccc(OCC2CC2)c([S+]([O-])NC(=O)c2cc3c(F)cc(C4CC4)cc3o2)c1. The lowest BCUT2D eigenvalue weighted by atomic mass is 10.0. The predicted molar refractivity (Wildman–Crippen MR) is 121 cm³/mol. The van der Waals surface area contributed by atoms with E-state index >= 15 is 0 Å². The minimum absolute atomic E-state index is 0.0688. The maximum absolute atomic E-state index is 14.5. The van der Waals surface area contributed by atoms with Crippen molar-refractivity contribution < 1.29 is 22.9 Å². The number of halogens is 1. The van der Waals surface area contributed by atoms with Crippen LogP contribution < -0.4 is 9.46 Å². The summed E-state index contributed by atoms with van der Waals surface area (Å²) in [4.78, 5) is 13.2. The average molecular weight is 456 g/mol. The van der Waals surface area contributed by atoms with Gasteiger partial charge in [0, 0.05) is 12.1 Å². The molecule has 3 aromatic rings. The Balaban J connectivity index is 1.37. The Morgan fingerprint density at radius 3 is 2.69 bits per heavy atom. The summed E-state index contributed by atoms with van der Waals surface area (Å²) >= 11 is -1.85. The first-order valence-corrected chi connectivity index (χ1v) is 12.3. The number of amides is 1. The van der Waals surface area contributed by atoms with Gasteiger partial charge in [0.1, 0.15) is 22.8 Å². The molecule has 1 N–H and O–H groups in total. The number of nitrogens with one attached hydrogen (secondary N) is 1. The molecule has 7 heteroatoms. The van der Waals surface area contributed by atoms with Gasteiger partial charge in [0.2, 0.25) is 4.90 Å². The molecule has 1 aromatic heterocycles. The molecule has 1 amide bonds.